The van der Waals surface area contributed by atoms with Crippen LogP contribution in [0.4, 0.5) is 5.69 Å². The Morgan fingerprint density at radius 1 is 0.857 bits per heavy atom. The molecule has 3 aromatic rings. The molecule has 0 saturated heterocycles. The largest absolute Gasteiger partial charge is 0.326 e. The highest BCUT2D eigenvalue weighted by Gasteiger charge is 2.67. The van der Waals surface area contributed by atoms with E-state index in [4.69, 9.17) is 58.0 Å². The molecule has 180 valence electrons. The normalized spacial score (nSPS) is 17.9. The fourth-order valence-electron chi connectivity index (χ4n) is 3.56. The highest BCUT2D eigenvalue weighted by atomic mass is 35.5. The van der Waals surface area contributed by atoms with E-state index in [1.54, 1.807) is 30.3 Å². The zero-order valence-corrected chi connectivity index (χ0v) is 21.3. The maximum atomic E-state index is 12.9. The van der Waals surface area contributed by atoms with Crippen molar-refractivity contribution in [3.8, 4) is 0 Å². The molecule has 2 atom stereocenters. The topological polar surface area (TPSA) is 100 Å². The van der Waals surface area contributed by atoms with E-state index in [1.165, 1.54) is 30.5 Å². The lowest BCUT2D eigenvalue weighted by Gasteiger charge is -2.11. The van der Waals surface area contributed by atoms with Gasteiger partial charge in [0.05, 0.1) is 16.5 Å². The number of rotatable bonds is 5. The van der Waals surface area contributed by atoms with Gasteiger partial charge in [-0.3, -0.25) is 30.2 Å². The van der Waals surface area contributed by atoms with E-state index < -0.39 is 33.9 Å². The van der Waals surface area contributed by atoms with Gasteiger partial charge in [0.1, 0.15) is 10.0 Å². The minimum absolute atomic E-state index is 0.0165. The number of hydrogen-bond acceptors (Lipinski definition) is 4. The molecule has 1 aliphatic carbocycles. The monoisotopic (exact) mass is 570 g/mol. The lowest BCUT2D eigenvalue weighted by Crippen LogP contribution is -2.42. The molecule has 1 heterocycles. The first-order valence-electron chi connectivity index (χ1n) is 10.0. The molecule has 12 heteroatoms. The molecule has 0 bridgehead atoms. The average molecular weight is 573 g/mol. The van der Waals surface area contributed by atoms with Gasteiger partial charge in [-0.25, -0.2) is 0 Å². The van der Waals surface area contributed by atoms with Gasteiger partial charge in [0.2, 0.25) is 5.91 Å². The zero-order chi connectivity index (χ0) is 25.3. The Morgan fingerprint density at radius 2 is 1.54 bits per heavy atom. The molecule has 0 spiro atoms. The number of hydrazine groups is 1. The van der Waals surface area contributed by atoms with Crippen molar-refractivity contribution >= 4 is 81.4 Å². The van der Waals surface area contributed by atoms with Gasteiger partial charge in [0.25, 0.3) is 11.8 Å². The van der Waals surface area contributed by atoms with E-state index in [-0.39, 0.29) is 22.0 Å². The van der Waals surface area contributed by atoms with E-state index in [2.05, 4.69) is 21.2 Å². The van der Waals surface area contributed by atoms with E-state index in [0.29, 0.717) is 15.6 Å². The maximum Gasteiger partial charge on any atom is 0.288 e. The van der Waals surface area contributed by atoms with Crippen LogP contribution in [0.15, 0.2) is 60.8 Å². The molecular weight excluding hydrogens is 558 g/mol. The number of alkyl halides is 2. The Labute approximate surface area is 225 Å². The van der Waals surface area contributed by atoms with Gasteiger partial charge >= 0.3 is 0 Å². The highest BCUT2D eigenvalue weighted by molar-refractivity contribution is 6.53. The third-order valence-electron chi connectivity index (χ3n) is 5.25. The van der Waals surface area contributed by atoms with Crippen molar-refractivity contribution in [1.82, 2.24) is 15.8 Å². The fourth-order valence-corrected chi connectivity index (χ4v) is 5.14. The van der Waals surface area contributed by atoms with Crippen LogP contribution < -0.4 is 16.2 Å². The Kier molecular flexibility index (Phi) is 7.45. The average Bonchev–Trinajstić information content (AvgIpc) is 3.40. The number of anilines is 1. The Hall–Kier alpha value is -2.55. The van der Waals surface area contributed by atoms with Gasteiger partial charge in [-0.05, 0) is 54.1 Å². The van der Waals surface area contributed by atoms with Gasteiger partial charge in [0, 0.05) is 27.8 Å². The van der Waals surface area contributed by atoms with Crippen molar-refractivity contribution in [2.75, 3.05) is 5.32 Å². The van der Waals surface area contributed by atoms with Crippen LogP contribution in [0.25, 0.3) is 0 Å². The third kappa shape index (κ3) is 5.66. The number of carbonyl (C=O) groups is 3. The first-order valence-corrected chi connectivity index (χ1v) is 11.9. The number of nitrogens with zero attached hydrogens (tertiary/aromatic N) is 1. The molecule has 0 radical (unpaired) electrons. The molecule has 7 nitrogen and oxygen atoms in total. The van der Waals surface area contributed by atoms with Gasteiger partial charge in [-0.2, -0.15) is 0 Å². The minimum Gasteiger partial charge on any atom is -0.326 e. The predicted octanol–water partition coefficient (Wildman–Crippen LogP) is 5.64. The second kappa shape index (κ2) is 10.2. The second-order valence-electron chi connectivity index (χ2n) is 7.64. The molecule has 1 aliphatic rings. The molecule has 3 amide bonds. The van der Waals surface area contributed by atoms with E-state index in [1.807, 2.05) is 0 Å². The molecular formula is C23H15Cl5N4O3. The number of carbonyl (C=O) groups excluding carboxylic acids is 3. The van der Waals surface area contributed by atoms with Crippen LogP contribution in [0.3, 0.4) is 0 Å². The third-order valence-corrected chi connectivity index (χ3v) is 6.95. The van der Waals surface area contributed by atoms with Gasteiger partial charge in [-0.15, -0.1) is 23.2 Å². The predicted molar refractivity (Wildman–Crippen MR) is 136 cm³/mol. The second-order valence-corrected chi connectivity index (χ2v) is 10.4. The van der Waals surface area contributed by atoms with Crippen molar-refractivity contribution in [3.05, 3.63) is 92.7 Å². The number of benzene rings is 2. The van der Waals surface area contributed by atoms with Crippen molar-refractivity contribution in [2.24, 2.45) is 5.92 Å². The maximum absolute atomic E-state index is 12.9. The molecule has 2 aromatic carbocycles. The summed E-state index contributed by atoms with van der Waals surface area (Å²) in [5, 5.41) is 3.59. The van der Waals surface area contributed by atoms with Crippen LogP contribution in [0.5, 0.6) is 0 Å². The van der Waals surface area contributed by atoms with E-state index >= 15 is 0 Å². The summed E-state index contributed by atoms with van der Waals surface area (Å²) in [6, 6.07) is 13.9. The smallest absolute Gasteiger partial charge is 0.288 e. The molecule has 1 fully saturated rings. The molecule has 0 unspecified atom stereocenters. The summed E-state index contributed by atoms with van der Waals surface area (Å²) in [5.74, 6) is -3.09. The summed E-state index contributed by atoms with van der Waals surface area (Å²) in [6.45, 7) is 0. The lowest BCUT2D eigenvalue weighted by atomic mass is 10.1. The Balaban J connectivity index is 1.44. The molecule has 4 rings (SSSR count). The Morgan fingerprint density at radius 3 is 2.20 bits per heavy atom. The zero-order valence-electron chi connectivity index (χ0n) is 17.5. The summed E-state index contributed by atoms with van der Waals surface area (Å²) in [5.41, 5.74) is 5.56. The van der Waals surface area contributed by atoms with Gasteiger partial charge in [-0.1, -0.05) is 40.9 Å². The highest BCUT2D eigenvalue weighted by Crippen LogP contribution is 2.65. The van der Waals surface area contributed by atoms with Crippen molar-refractivity contribution < 1.29 is 14.4 Å². The van der Waals surface area contributed by atoms with Crippen LogP contribution in [0.1, 0.15) is 32.3 Å². The minimum atomic E-state index is -1.36. The van der Waals surface area contributed by atoms with Crippen LogP contribution in [0, 0.1) is 5.92 Å². The SMILES string of the molecule is O=C(NNC(=O)c1cc(NC(=O)[C@H]2[C@H](c3cc(Cl)cc(Cl)c3)C2(Cl)Cl)ccc1Cl)c1ccccn1. The summed E-state index contributed by atoms with van der Waals surface area (Å²) < 4.78 is -1.36. The number of amides is 3. The summed E-state index contributed by atoms with van der Waals surface area (Å²) in [4.78, 5) is 41.5. The summed E-state index contributed by atoms with van der Waals surface area (Å²) in [6.07, 6.45) is 1.45. The van der Waals surface area contributed by atoms with E-state index in [0.717, 1.165) is 0 Å². The standard InChI is InChI=1S/C23H15Cl5N4O3/c24-12-7-11(8-13(25)9-12)18-19(23(18,27)28)22(35)30-14-4-5-16(26)15(10-14)20(33)31-32-21(34)17-3-1-2-6-29-17/h1-10,18-19H,(H,30,35)(H,31,33)(H,32,34)/t18-,19+/m0/s1. The summed E-state index contributed by atoms with van der Waals surface area (Å²) >= 11 is 31.1. The summed E-state index contributed by atoms with van der Waals surface area (Å²) in [7, 11) is 0. The van der Waals surface area contributed by atoms with Crippen molar-refractivity contribution in [1.29, 1.82) is 0 Å². The van der Waals surface area contributed by atoms with Crippen LogP contribution in [0.2, 0.25) is 15.1 Å². The van der Waals surface area contributed by atoms with Crippen LogP contribution in [-0.2, 0) is 4.79 Å². The number of aromatic nitrogens is 1. The molecule has 0 aliphatic heterocycles. The van der Waals surface area contributed by atoms with Crippen molar-refractivity contribution in [2.45, 2.75) is 10.3 Å². The number of pyridine rings is 1. The molecule has 35 heavy (non-hydrogen) atoms. The number of halogens is 5. The number of nitrogens with one attached hydrogen (secondary N) is 3. The van der Waals surface area contributed by atoms with Crippen molar-refractivity contribution in [3.63, 3.8) is 0 Å². The molecule has 1 aromatic heterocycles. The quantitative estimate of drug-likeness (QED) is 0.272. The molecule has 3 N–H and O–H groups in total. The van der Waals surface area contributed by atoms with Gasteiger partial charge < -0.3 is 5.32 Å². The van der Waals surface area contributed by atoms with Gasteiger partial charge in [0.15, 0.2) is 0 Å². The lowest BCUT2D eigenvalue weighted by molar-refractivity contribution is -0.117. The molecule has 1 saturated carbocycles. The fraction of sp³-hybridized carbons (Fsp3) is 0.130. The first-order chi connectivity index (χ1) is 16.6. The Bertz CT molecular complexity index is 1300. The van der Waals surface area contributed by atoms with E-state index in [9.17, 15) is 14.4 Å². The first kappa shape index (κ1) is 25.5. The van der Waals surface area contributed by atoms with Crippen LogP contribution in [-0.4, -0.2) is 27.0 Å². The number of hydrogen-bond donors (Lipinski definition) is 3. The van der Waals surface area contributed by atoms with Crippen LogP contribution >= 0.6 is 58.0 Å².